The minimum atomic E-state index is -0.666. The van der Waals surface area contributed by atoms with Crippen LogP contribution in [0, 0.1) is 12.7 Å². The van der Waals surface area contributed by atoms with E-state index in [4.69, 9.17) is 14.9 Å². The second-order valence-corrected chi connectivity index (χ2v) is 5.25. The normalized spacial score (nSPS) is 11.7. The quantitative estimate of drug-likeness (QED) is 0.802. The van der Waals surface area contributed by atoms with Gasteiger partial charge in [-0.1, -0.05) is 12.1 Å². The summed E-state index contributed by atoms with van der Waals surface area (Å²) in [5, 5.41) is 0.664. The molecule has 0 aliphatic heterocycles. The molecular weight excluding hydrogens is 311 g/mol. The molecule has 2 aromatic carbocycles. The summed E-state index contributed by atoms with van der Waals surface area (Å²) in [6, 6.07) is 11.2. The number of benzene rings is 2. The molecule has 5 nitrogen and oxygen atoms in total. The Hall–Kier alpha value is -3.15. The van der Waals surface area contributed by atoms with Gasteiger partial charge in [0.1, 0.15) is 11.4 Å². The smallest absolute Gasteiger partial charge is 0.254 e. The number of amides is 1. The van der Waals surface area contributed by atoms with E-state index in [2.05, 4.69) is 4.99 Å². The lowest BCUT2D eigenvalue weighted by Crippen LogP contribution is -2.21. The topological polar surface area (TPSA) is 77.8 Å². The molecule has 0 atom stereocenters. The average molecular weight is 326 g/mol. The Morgan fingerprint density at radius 1 is 1.25 bits per heavy atom. The SMILES string of the molecule is COc1cccc2cc(C(N)=O)c(=Nc3ccc(F)c(C)c3)oc12. The lowest BCUT2D eigenvalue weighted by atomic mass is 10.1. The van der Waals surface area contributed by atoms with Crippen LogP contribution in [0.2, 0.25) is 0 Å². The molecule has 0 saturated carbocycles. The van der Waals surface area contributed by atoms with Crippen molar-refractivity contribution in [2.75, 3.05) is 7.11 Å². The molecule has 24 heavy (non-hydrogen) atoms. The molecular formula is C18H15FN2O3. The highest BCUT2D eigenvalue weighted by molar-refractivity contribution is 5.96. The lowest BCUT2D eigenvalue weighted by molar-refractivity contribution is 0.0996. The molecule has 3 aromatic rings. The number of rotatable bonds is 3. The molecule has 6 heteroatoms. The molecule has 2 N–H and O–H groups in total. The van der Waals surface area contributed by atoms with Crippen molar-refractivity contribution in [2.45, 2.75) is 6.92 Å². The average Bonchev–Trinajstić information content (AvgIpc) is 2.57. The van der Waals surface area contributed by atoms with Gasteiger partial charge in [-0.15, -0.1) is 0 Å². The second kappa shape index (κ2) is 6.16. The highest BCUT2D eigenvalue weighted by atomic mass is 19.1. The Labute approximate surface area is 137 Å². The fourth-order valence-electron chi connectivity index (χ4n) is 2.36. The van der Waals surface area contributed by atoms with Gasteiger partial charge in [0.15, 0.2) is 11.3 Å². The minimum absolute atomic E-state index is 0.0468. The van der Waals surface area contributed by atoms with Gasteiger partial charge in [-0.3, -0.25) is 4.79 Å². The zero-order chi connectivity index (χ0) is 17.3. The van der Waals surface area contributed by atoms with Gasteiger partial charge in [0.2, 0.25) is 5.55 Å². The van der Waals surface area contributed by atoms with E-state index in [1.54, 1.807) is 37.3 Å². The molecule has 0 bridgehead atoms. The van der Waals surface area contributed by atoms with Crippen molar-refractivity contribution in [2.24, 2.45) is 10.7 Å². The highest BCUT2D eigenvalue weighted by Crippen LogP contribution is 2.25. The maximum Gasteiger partial charge on any atom is 0.254 e. The number of nitrogens with two attached hydrogens (primary N) is 1. The van der Waals surface area contributed by atoms with Gasteiger partial charge >= 0.3 is 0 Å². The van der Waals surface area contributed by atoms with Crippen LogP contribution in [-0.4, -0.2) is 13.0 Å². The molecule has 1 aromatic heterocycles. The summed E-state index contributed by atoms with van der Waals surface area (Å²) in [5.41, 5.74) is 6.96. The van der Waals surface area contributed by atoms with Gasteiger partial charge in [0.25, 0.3) is 5.91 Å². The van der Waals surface area contributed by atoms with Crippen molar-refractivity contribution < 1.29 is 18.3 Å². The fourth-order valence-corrected chi connectivity index (χ4v) is 2.36. The first-order valence-corrected chi connectivity index (χ1v) is 7.21. The van der Waals surface area contributed by atoms with E-state index >= 15 is 0 Å². The first-order chi connectivity index (χ1) is 11.5. The lowest BCUT2D eigenvalue weighted by Gasteiger charge is -2.06. The number of para-hydroxylation sites is 1. The van der Waals surface area contributed by atoms with Crippen LogP contribution >= 0.6 is 0 Å². The molecule has 122 valence electrons. The highest BCUT2D eigenvalue weighted by Gasteiger charge is 2.12. The van der Waals surface area contributed by atoms with Crippen molar-refractivity contribution in [1.82, 2.24) is 0 Å². The van der Waals surface area contributed by atoms with E-state index in [0.29, 0.717) is 28.0 Å². The summed E-state index contributed by atoms with van der Waals surface area (Å²) < 4.78 is 24.4. The van der Waals surface area contributed by atoms with Crippen LogP contribution in [0.1, 0.15) is 15.9 Å². The maximum atomic E-state index is 13.4. The number of carbonyl (C=O) groups excluding carboxylic acids is 1. The number of hydrogen-bond acceptors (Lipinski definition) is 4. The van der Waals surface area contributed by atoms with E-state index in [1.807, 2.05) is 0 Å². The monoisotopic (exact) mass is 326 g/mol. The third-order valence-corrected chi connectivity index (χ3v) is 3.60. The van der Waals surface area contributed by atoms with Crippen LogP contribution in [0.5, 0.6) is 5.75 Å². The van der Waals surface area contributed by atoms with Gasteiger partial charge in [0, 0.05) is 5.39 Å². The number of ether oxygens (including phenoxy) is 1. The minimum Gasteiger partial charge on any atom is -0.493 e. The fraction of sp³-hybridized carbons (Fsp3) is 0.111. The zero-order valence-electron chi connectivity index (χ0n) is 13.2. The molecule has 0 radical (unpaired) electrons. The number of halogens is 1. The van der Waals surface area contributed by atoms with E-state index in [1.165, 1.54) is 19.2 Å². The summed E-state index contributed by atoms with van der Waals surface area (Å²) in [4.78, 5) is 16.0. The maximum absolute atomic E-state index is 13.4. The van der Waals surface area contributed by atoms with Crippen LogP contribution in [0.25, 0.3) is 11.0 Å². The first-order valence-electron chi connectivity index (χ1n) is 7.21. The molecule has 0 spiro atoms. The zero-order valence-corrected chi connectivity index (χ0v) is 13.2. The van der Waals surface area contributed by atoms with Crippen LogP contribution in [-0.2, 0) is 0 Å². The third-order valence-electron chi connectivity index (χ3n) is 3.60. The van der Waals surface area contributed by atoms with E-state index in [-0.39, 0.29) is 16.9 Å². The van der Waals surface area contributed by atoms with Crippen molar-refractivity contribution in [3.05, 3.63) is 65.0 Å². The van der Waals surface area contributed by atoms with Crippen LogP contribution in [0.4, 0.5) is 10.1 Å². The number of hydrogen-bond donors (Lipinski definition) is 1. The predicted molar refractivity (Wildman–Crippen MR) is 87.6 cm³/mol. The molecule has 0 saturated heterocycles. The van der Waals surface area contributed by atoms with Crippen molar-refractivity contribution >= 4 is 22.6 Å². The molecule has 3 rings (SSSR count). The Bertz CT molecular complexity index is 1010. The summed E-state index contributed by atoms with van der Waals surface area (Å²) >= 11 is 0. The van der Waals surface area contributed by atoms with Crippen molar-refractivity contribution in [1.29, 1.82) is 0 Å². The molecule has 0 aliphatic carbocycles. The molecule has 0 unspecified atom stereocenters. The number of methoxy groups -OCH3 is 1. The Kier molecular flexibility index (Phi) is 4.04. The Balaban J connectivity index is 2.31. The number of primary amides is 1. The first kappa shape index (κ1) is 15.7. The van der Waals surface area contributed by atoms with Crippen molar-refractivity contribution in [3.8, 4) is 5.75 Å². The van der Waals surface area contributed by atoms with Crippen molar-refractivity contribution in [3.63, 3.8) is 0 Å². The van der Waals surface area contributed by atoms with Gasteiger partial charge in [-0.25, -0.2) is 9.38 Å². The van der Waals surface area contributed by atoms with Crippen LogP contribution < -0.4 is 16.0 Å². The third kappa shape index (κ3) is 2.86. The predicted octanol–water partition coefficient (Wildman–Crippen LogP) is 3.22. The standard InChI is InChI=1S/C18H15FN2O3/c1-10-8-12(6-7-14(10)19)21-18-13(17(20)22)9-11-4-3-5-15(23-2)16(11)24-18/h3-9H,1-2H3,(H2,20,22). The Morgan fingerprint density at radius 3 is 2.71 bits per heavy atom. The van der Waals surface area contributed by atoms with Gasteiger partial charge in [0.05, 0.1) is 12.8 Å². The Morgan fingerprint density at radius 2 is 2.04 bits per heavy atom. The van der Waals surface area contributed by atoms with Gasteiger partial charge < -0.3 is 14.9 Å². The number of aryl methyl sites for hydroxylation is 1. The number of nitrogens with zero attached hydrogens (tertiary/aromatic N) is 1. The summed E-state index contributed by atoms with van der Waals surface area (Å²) in [7, 11) is 1.52. The summed E-state index contributed by atoms with van der Waals surface area (Å²) in [5.74, 6) is -0.488. The number of carbonyl (C=O) groups is 1. The van der Waals surface area contributed by atoms with Crippen LogP contribution in [0.15, 0.2) is 51.9 Å². The summed E-state index contributed by atoms with van der Waals surface area (Å²) in [6.07, 6.45) is 0. The van der Waals surface area contributed by atoms with Gasteiger partial charge in [-0.2, -0.15) is 0 Å². The molecule has 1 heterocycles. The van der Waals surface area contributed by atoms with E-state index in [9.17, 15) is 9.18 Å². The molecule has 0 aliphatic rings. The largest absolute Gasteiger partial charge is 0.493 e. The van der Waals surface area contributed by atoms with Crippen LogP contribution in [0.3, 0.4) is 0 Å². The second-order valence-electron chi connectivity index (χ2n) is 5.25. The van der Waals surface area contributed by atoms with E-state index < -0.39 is 5.91 Å². The molecule has 0 fully saturated rings. The molecule has 1 amide bonds. The number of fused-ring (bicyclic) bond motifs is 1. The summed E-state index contributed by atoms with van der Waals surface area (Å²) in [6.45, 7) is 1.63. The van der Waals surface area contributed by atoms with E-state index in [0.717, 1.165) is 0 Å². The van der Waals surface area contributed by atoms with Gasteiger partial charge in [-0.05, 0) is 42.8 Å².